The summed E-state index contributed by atoms with van der Waals surface area (Å²) >= 11 is 0. The summed E-state index contributed by atoms with van der Waals surface area (Å²) < 4.78 is 73.1. The van der Waals surface area contributed by atoms with Crippen LogP contribution < -0.4 is 10.1 Å². The van der Waals surface area contributed by atoms with E-state index in [1.54, 1.807) is 13.8 Å². The molecule has 1 atom stereocenters. The molecular formula is C23H28F3N7O5S. The molecule has 0 spiro atoms. The molecule has 16 heteroatoms. The lowest BCUT2D eigenvalue weighted by molar-refractivity contribution is -0.210. The highest BCUT2D eigenvalue weighted by Gasteiger charge is 2.40. The number of aromatic nitrogens is 3. The summed E-state index contributed by atoms with van der Waals surface area (Å²) in [5, 5.41) is 14.4. The monoisotopic (exact) mass is 571 g/mol. The van der Waals surface area contributed by atoms with Crippen LogP contribution in [0.2, 0.25) is 0 Å². The van der Waals surface area contributed by atoms with Crippen LogP contribution in [0.25, 0.3) is 11.3 Å². The van der Waals surface area contributed by atoms with Crippen LogP contribution in [0.4, 0.5) is 19.0 Å². The zero-order chi connectivity index (χ0) is 29.3. The lowest BCUT2D eigenvalue weighted by Gasteiger charge is -2.39. The minimum absolute atomic E-state index is 0.0263. The van der Waals surface area contributed by atoms with E-state index < -0.39 is 50.9 Å². The van der Waals surface area contributed by atoms with Crippen molar-refractivity contribution in [2.45, 2.75) is 58.3 Å². The molecule has 0 saturated carbocycles. The van der Waals surface area contributed by atoms with Gasteiger partial charge in [-0.1, -0.05) is 0 Å². The number of nitriles is 1. The number of sulfonamides is 1. The lowest BCUT2D eigenvalue weighted by atomic mass is 10.1. The number of pyridine rings is 1. The highest BCUT2D eigenvalue weighted by atomic mass is 32.2. The molecule has 12 nitrogen and oxygen atoms in total. The Morgan fingerprint density at radius 3 is 2.41 bits per heavy atom. The second-order valence-corrected chi connectivity index (χ2v) is 11.8. The maximum absolute atomic E-state index is 13.9. The number of piperazine rings is 1. The molecule has 3 heterocycles. The summed E-state index contributed by atoms with van der Waals surface area (Å²) in [7, 11) is -3.76. The fraction of sp³-hybridized carbons (Fsp3) is 0.522. The maximum atomic E-state index is 13.9. The van der Waals surface area contributed by atoms with E-state index in [4.69, 9.17) is 4.74 Å². The molecule has 3 rings (SSSR count). The Bertz CT molecular complexity index is 1400. The SMILES string of the molecule is CC(=O)N1CCN(S(=O)(=O)C(C)C)C[C@@H]1C(=O)Nc1cc(-c2cnc(OC(C)C)c(C#N)c2)n(C(F)(F)F)n1. The molecule has 0 unspecified atom stereocenters. The molecule has 1 aliphatic heterocycles. The lowest BCUT2D eigenvalue weighted by Crippen LogP contribution is -2.60. The van der Waals surface area contributed by atoms with Crippen LogP contribution >= 0.6 is 0 Å². The maximum Gasteiger partial charge on any atom is 0.505 e. The van der Waals surface area contributed by atoms with Crippen LogP contribution in [0, 0.1) is 11.3 Å². The molecule has 39 heavy (non-hydrogen) atoms. The number of nitrogens with zero attached hydrogens (tertiary/aromatic N) is 6. The van der Waals surface area contributed by atoms with Crippen molar-refractivity contribution in [3.05, 3.63) is 23.9 Å². The van der Waals surface area contributed by atoms with Gasteiger partial charge in [0.15, 0.2) is 5.82 Å². The quantitative estimate of drug-likeness (QED) is 0.532. The van der Waals surface area contributed by atoms with Gasteiger partial charge in [0, 0.05) is 44.4 Å². The van der Waals surface area contributed by atoms with E-state index in [-0.39, 0.29) is 47.4 Å². The molecule has 1 fully saturated rings. The Balaban J connectivity index is 1.97. The molecule has 0 bridgehead atoms. The first-order valence-corrected chi connectivity index (χ1v) is 13.4. The molecule has 1 N–H and O–H groups in total. The summed E-state index contributed by atoms with van der Waals surface area (Å²) in [5.74, 6) is -1.97. The van der Waals surface area contributed by atoms with Gasteiger partial charge in [0.1, 0.15) is 17.7 Å². The third-order valence-electron chi connectivity index (χ3n) is 5.82. The summed E-state index contributed by atoms with van der Waals surface area (Å²) in [6.07, 6.45) is -4.26. The molecule has 0 aliphatic carbocycles. The number of amides is 2. The van der Waals surface area contributed by atoms with Crippen LogP contribution in [0.15, 0.2) is 18.3 Å². The average Bonchev–Trinajstić information content (AvgIpc) is 3.27. The Morgan fingerprint density at radius 1 is 1.21 bits per heavy atom. The van der Waals surface area contributed by atoms with Crippen molar-refractivity contribution in [2.24, 2.45) is 0 Å². The van der Waals surface area contributed by atoms with Crippen LogP contribution in [0.1, 0.15) is 40.2 Å². The van der Waals surface area contributed by atoms with Crippen molar-refractivity contribution >= 4 is 27.7 Å². The van der Waals surface area contributed by atoms with Crippen molar-refractivity contribution in [3.8, 4) is 23.2 Å². The molecule has 2 aromatic heterocycles. The van der Waals surface area contributed by atoms with Gasteiger partial charge in [0.2, 0.25) is 27.7 Å². The Kier molecular flexibility index (Phi) is 8.56. The largest absolute Gasteiger partial charge is 0.505 e. The minimum atomic E-state index is -5.00. The zero-order valence-electron chi connectivity index (χ0n) is 21.9. The highest BCUT2D eigenvalue weighted by molar-refractivity contribution is 7.89. The predicted octanol–water partition coefficient (Wildman–Crippen LogP) is 2.29. The molecule has 0 radical (unpaired) electrons. The van der Waals surface area contributed by atoms with Crippen LogP contribution in [-0.4, -0.2) is 81.2 Å². The molecular weight excluding hydrogens is 543 g/mol. The van der Waals surface area contributed by atoms with E-state index >= 15 is 0 Å². The van der Waals surface area contributed by atoms with Crippen LogP contribution in [0.5, 0.6) is 5.88 Å². The van der Waals surface area contributed by atoms with E-state index in [1.165, 1.54) is 20.8 Å². The molecule has 0 aromatic carbocycles. The number of hydrogen-bond donors (Lipinski definition) is 1. The van der Waals surface area contributed by atoms with Crippen molar-refractivity contribution in [3.63, 3.8) is 0 Å². The van der Waals surface area contributed by atoms with Gasteiger partial charge in [-0.3, -0.25) is 9.59 Å². The number of carbonyl (C=O) groups excluding carboxylic acids is 2. The van der Waals surface area contributed by atoms with Crippen LogP contribution in [-0.2, 0) is 25.9 Å². The predicted molar refractivity (Wildman–Crippen MR) is 133 cm³/mol. The Morgan fingerprint density at radius 2 is 1.87 bits per heavy atom. The van der Waals surface area contributed by atoms with Crippen molar-refractivity contribution < 1.29 is 35.9 Å². The van der Waals surface area contributed by atoms with E-state index in [1.807, 2.05) is 6.07 Å². The van der Waals surface area contributed by atoms with Gasteiger partial charge in [-0.05, 0) is 33.8 Å². The molecule has 1 aliphatic rings. The van der Waals surface area contributed by atoms with Crippen LogP contribution in [0.3, 0.4) is 0 Å². The van der Waals surface area contributed by atoms with Gasteiger partial charge in [0.25, 0.3) is 0 Å². The number of alkyl halides is 3. The molecule has 1 saturated heterocycles. The van der Waals surface area contributed by atoms with Crippen molar-refractivity contribution in [1.82, 2.24) is 24.0 Å². The first kappa shape index (κ1) is 29.8. The fourth-order valence-electron chi connectivity index (χ4n) is 3.93. The summed E-state index contributed by atoms with van der Waals surface area (Å²) in [5.41, 5.74) is -0.744. The summed E-state index contributed by atoms with van der Waals surface area (Å²) in [4.78, 5) is 30.4. The number of hydrogen-bond acceptors (Lipinski definition) is 8. The van der Waals surface area contributed by atoms with Gasteiger partial charge < -0.3 is 15.0 Å². The third-order valence-corrected chi connectivity index (χ3v) is 8.06. The number of carbonyl (C=O) groups is 2. The Labute approximate surface area is 223 Å². The number of rotatable bonds is 7. The van der Waals surface area contributed by atoms with E-state index in [9.17, 15) is 36.4 Å². The standard InChI is InChI=1S/C23H28F3N7O5S/c1-13(2)38-22-16(10-27)8-17(11-28-22)18-9-20(30-33(18)23(24,25)26)29-21(35)19-12-31(39(36,37)14(3)4)6-7-32(19)15(5)34/h8-9,11,13-14,19H,6-7,12H2,1-5H3,(H,29,30,35)/t19-/m1/s1. The second kappa shape index (κ2) is 11.2. The number of ether oxygens (including phenoxy) is 1. The molecule has 2 aromatic rings. The van der Waals surface area contributed by atoms with Gasteiger partial charge >= 0.3 is 6.30 Å². The smallest absolute Gasteiger partial charge is 0.474 e. The van der Waals surface area contributed by atoms with Crippen molar-refractivity contribution in [1.29, 1.82) is 5.26 Å². The topological polar surface area (TPSA) is 151 Å². The van der Waals surface area contributed by atoms with Gasteiger partial charge in [-0.15, -0.1) is 18.3 Å². The summed E-state index contributed by atoms with van der Waals surface area (Å²) in [6.45, 7) is 7.07. The second-order valence-electron chi connectivity index (χ2n) is 9.32. The van der Waals surface area contributed by atoms with Gasteiger partial charge in [0.05, 0.1) is 17.0 Å². The Hall–Kier alpha value is -3.71. The van der Waals surface area contributed by atoms with Gasteiger partial charge in [-0.25, -0.2) is 13.4 Å². The highest BCUT2D eigenvalue weighted by Crippen LogP contribution is 2.33. The fourth-order valence-corrected chi connectivity index (χ4v) is 5.21. The third kappa shape index (κ3) is 6.48. The van der Waals surface area contributed by atoms with Gasteiger partial charge in [-0.2, -0.15) is 14.2 Å². The van der Waals surface area contributed by atoms with Crippen molar-refractivity contribution in [2.75, 3.05) is 25.0 Å². The first-order valence-electron chi connectivity index (χ1n) is 11.9. The van der Waals surface area contributed by atoms with E-state index in [0.717, 1.165) is 27.5 Å². The number of nitrogens with one attached hydrogen (secondary N) is 1. The molecule has 2 amide bonds. The number of halogens is 3. The number of anilines is 1. The first-order chi connectivity index (χ1) is 18.1. The van der Waals surface area contributed by atoms with E-state index in [2.05, 4.69) is 15.4 Å². The average molecular weight is 572 g/mol. The zero-order valence-corrected chi connectivity index (χ0v) is 22.7. The summed E-state index contributed by atoms with van der Waals surface area (Å²) in [6, 6.07) is 2.63. The minimum Gasteiger partial charge on any atom is -0.474 e. The molecule has 212 valence electrons. The normalized spacial score (nSPS) is 16.8. The van der Waals surface area contributed by atoms with E-state index in [0.29, 0.717) is 0 Å².